The molecule has 2 aliphatic heterocycles. The van der Waals surface area contributed by atoms with E-state index in [2.05, 4.69) is 10.3 Å². The van der Waals surface area contributed by atoms with Crippen molar-refractivity contribution in [3.8, 4) is 11.5 Å². The van der Waals surface area contributed by atoms with Crippen LogP contribution in [0, 0.1) is 5.82 Å². The lowest BCUT2D eigenvalue weighted by Gasteiger charge is -2.23. The van der Waals surface area contributed by atoms with Crippen LogP contribution in [0.15, 0.2) is 82.9 Å². The molecule has 2 atom stereocenters. The summed E-state index contributed by atoms with van der Waals surface area (Å²) >= 11 is 1.19. The van der Waals surface area contributed by atoms with E-state index in [0.717, 1.165) is 28.3 Å². The highest BCUT2D eigenvalue weighted by molar-refractivity contribution is 8.15. The molecular formula is C28H25FN4O4S. The standard InChI is InChI=1S/C28H25FN4O4S/c1-36-19-11-7-17(8-12-19)23-15-24(18-9-13-20(37-2)14-10-18)33(32-23)28-31-27(35)25(38-28)16-26(34)30-22-6-4-3-5-21(22)29/h3-14,24-25H,15-16H2,1-2H3,(H,30,34). The summed E-state index contributed by atoms with van der Waals surface area (Å²) in [7, 11) is 3.22. The largest absolute Gasteiger partial charge is 0.497 e. The van der Waals surface area contributed by atoms with Gasteiger partial charge in [0.05, 0.1) is 31.7 Å². The second kappa shape index (κ2) is 11.1. The summed E-state index contributed by atoms with van der Waals surface area (Å²) in [5.74, 6) is 0.0539. The number of anilines is 1. The first-order chi connectivity index (χ1) is 18.4. The molecule has 0 saturated heterocycles. The molecule has 0 aliphatic carbocycles. The Kier molecular flexibility index (Phi) is 7.41. The quantitative estimate of drug-likeness (QED) is 0.459. The fourth-order valence-electron chi connectivity index (χ4n) is 4.27. The molecule has 5 rings (SSSR count). The number of amides is 2. The summed E-state index contributed by atoms with van der Waals surface area (Å²) in [6.07, 6.45) is 0.450. The van der Waals surface area contributed by atoms with E-state index in [1.165, 1.54) is 30.0 Å². The zero-order valence-corrected chi connectivity index (χ0v) is 21.6. The minimum Gasteiger partial charge on any atom is -0.497 e. The van der Waals surface area contributed by atoms with E-state index in [-0.39, 0.29) is 18.2 Å². The molecule has 3 aromatic rings. The van der Waals surface area contributed by atoms with E-state index in [4.69, 9.17) is 14.6 Å². The van der Waals surface area contributed by atoms with Crippen LogP contribution in [0.3, 0.4) is 0 Å². The van der Waals surface area contributed by atoms with Gasteiger partial charge in [-0.25, -0.2) is 9.40 Å². The third-order valence-corrected chi connectivity index (χ3v) is 7.42. The van der Waals surface area contributed by atoms with Crippen LogP contribution < -0.4 is 14.8 Å². The summed E-state index contributed by atoms with van der Waals surface area (Å²) in [4.78, 5) is 29.6. The monoisotopic (exact) mass is 532 g/mol. The molecular weight excluding hydrogens is 507 g/mol. The predicted octanol–water partition coefficient (Wildman–Crippen LogP) is 5.02. The number of hydrazone groups is 1. The van der Waals surface area contributed by atoms with Crippen molar-refractivity contribution in [2.45, 2.75) is 24.1 Å². The molecule has 2 amide bonds. The summed E-state index contributed by atoms with van der Waals surface area (Å²) < 4.78 is 24.5. The van der Waals surface area contributed by atoms with Crippen molar-refractivity contribution in [1.29, 1.82) is 0 Å². The summed E-state index contributed by atoms with van der Waals surface area (Å²) in [6.45, 7) is 0. The van der Waals surface area contributed by atoms with Crippen LogP contribution in [0.2, 0.25) is 0 Å². The maximum Gasteiger partial charge on any atom is 0.262 e. The fraction of sp³-hybridized carbons (Fsp3) is 0.214. The number of halogens is 1. The number of ether oxygens (including phenoxy) is 2. The molecule has 38 heavy (non-hydrogen) atoms. The van der Waals surface area contributed by atoms with Gasteiger partial charge in [0, 0.05) is 12.8 Å². The Morgan fingerprint density at radius 1 is 1.03 bits per heavy atom. The number of carbonyl (C=O) groups is 2. The van der Waals surface area contributed by atoms with Crippen molar-refractivity contribution in [2.24, 2.45) is 10.1 Å². The number of benzene rings is 3. The van der Waals surface area contributed by atoms with Crippen LogP contribution in [0.1, 0.15) is 30.0 Å². The van der Waals surface area contributed by atoms with Crippen molar-refractivity contribution in [1.82, 2.24) is 5.01 Å². The molecule has 0 bridgehead atoms. The normalized spacial score (nSPS) is 18.7. The lowest BCUT2D eigenvalue weighted by Crippen LogP contribution is -2.25. The van der Waals surface area contributed by atoms with Crippen LogP contribution in [0.25, 0.3) is 0 Å². The molecule has 194 valence electrons. The highest BCUT2D eigenvalue weighted by atomic mass is 32.2. The van der Waals surface area contributed by atoms with Gasteiger partial charge in [-0.3, -0.25) is 9.59 Å². The van der Waals surface area contributed by atoms with Gasteiger partial charge in [-0.1, -0.05) is 36.0 Å². The number of nitrogens with zero attached hydrogens (tertiary/aromatic N) is 3. The SMILES string of the molecule is COc1ccc(C2=NN(C3=NC(=O)C(CC(=O)Nc4ccccc4F)S3)C(c3ccc(OC)cc3)C2)cc1. The Morgan fingerprint density at radius 3 is 2.34 bits per heavy atom. The van der Waals surface area contributed by atoms with Crippen LogP contribution >= 0.6 is 11.8 Å². The molecule has 0 aromatic heterocycles. The van der Waals surface area contributed by atoms with Gasteiger partial charge in [0.1, 0.15) is 22.6 Å². The molecule has 1 N–H and O–H groups in total. The number of hydrogen-bond acceptors (Lipinski definition) is 7. The first-order valence-corrected chi connectivity index (χ1v) is 12.8. The topological polar surface area (TPSA) is 92.6 Å². The Hall–Kier alpha value is -4.18. The average Bonchev–Trinajstić information content (AvgIpc) is 3.54. The van der Waals surface area contributed by atoms with E-state index in [1.54, 1.807) is 25.3 Å². The van der Waals surface area contributed by atoms with Crippen molar-refractivity contribution < 1.29 is 23.5 Å². The molecule has 2 heterocycles. The summed E-state index contributed by atoms with van der Waals surface area (Å²) in [5.41, 5.74) is 2.82. The summed E-state index contributed by atoms with van der Waals surface area (Å²) in [6, 6.07) is 21.0. The predicted molar refractivity (Wildman–Crippen MR) is 145 cm³/mol. The van der Waals surface area contributed by atoms with Crippen molar-refractivity contribution in [3.05, 3.63) is 89.7 Å². The van der Waals surface area contributed by atoms with E-state index < -0.39 is 22.9 Å². The lowest BCUT2D eigenvalue weighted by atomic mass is 9.98. The van der Waals surface area contributed by atoms with E-state index in [9.17, 15) is 14.0 Å². The number of amidine groups is 1. The molecule has 2 unspecified atom stereocenters. The highest BCUT2D eigenvalue weighted by Gasteiger charge is 2.39. The highest BCUT2D eigenvalue weighted by Crippen LogP contribution is 2.39. The maximum atomic E-state index is 13.9. The fourth-order valence-corrected chi connectivity index (χ4v) is 5.33. The van der Waals surface area contributed by atoms with Crippen LogP contribution in [-0.4, -0.2) is 47.2 Å². The minimum atomic E-state index is -0.728. The Labute approximate surface area is 223 Å². The second-order valence-electron chi connectivity index (χ2n) is 8.68. The average molecular weight is 533 g/mol. The van der Waals surface area contributed by atoms with Gasteiger partial charge >= 0.3 is 0 Å². The van der Waals surface area contributed by atoms with Gasteiger partial charge < -0.3 is 14.8 Å². The first-order valence-electron chi connectivity index (χ1n) is 11.9. The number of para-hydroxylation sites is 1. The van der Waals surface area contributed by atoms with Crippen LogP contribution in [-0.2, 0) is 9.59 Å². The number of hydrogen-bond donors (Lipinski definition) is 1. The Morgan fingerprint density at radius 2 is 1.68 bits per heavy atom. The van der Waals surface area contributed by atoms with Gasteiger partial charge in [0.25, 0.3) is 5.91 Å². The van der Waals surface area contributed by atoms with Crippen molar-refractivity contribution in [2.75, 3.05) is 19.5 Å². The van der Waals surface area contributed by atoms with E-state index in [1.807, 2.05) is 48.5 Å². The number of rotatable bonds is 7. The smallest absolute Gasteiger partial charge is 0.262 e. The van der Waals surface area contributed by atoms with Crippen molar-refractivity contribution in [3.63, 3.8) is 0 Å². The number of methoxy groups -OCH3 is 2. The third-order valence-electron chi connectivity index (χ3n) is 6.28. The van der Waals surface area contributed by atoms with Gasteiger partial charge in [0.15, 0.2) is 5.17 Å². The molecule has 3 aromatic carbocycles. The zero-order valence-electron chi connectivity index (χ0n) is 20.8. The molecule has 0 spiro atoms. The molecule has 0 fully saturated rings. The van der Waals surface area contributed by atoms with E-state index in [0.29, 0.717) is 11.6 Å². The molecule has 8 nitrogen and oxygen atoms in total. The van der Waals surface area contributed by atoms with Gasteiger partial charge in [0.2, 0.25) is 5.91 Å². The number of thioether (sulfide) groups is 1. The molecule has 10 heteroatoms. The number of carbonyl (C=O) groups excluding carboxylic acids is 2. The maximum absolute atomic E-state index is 13.9. The van der Waals surface area contributed by atoms with Crippen molar-refractivity contribution >= 4 is 40.1 Å². The van der Waals surface area contributed by atoms with Gasteiger partial charge in [-0.2, -0.15) is 10.1 Å². The minimum absolute atomic E-state index is 0.0712. The number of aliphatic imine (C=N–C) groups is 1. The second-order valence-corrected chi connectivity index (χ2v) is 9.85. The van der Waals surface area contributed by atoms with Gasteiger partial charge in [-0.05, 0) is 59.7 Å². The van der Waals surface area contributed by atoms with Gasteiger partial charge in [-0.15, -0.1) is 0 Å². The number of nitrogens with one attached hydrogen (secondary N) is 1. The Bertz CT molecular complexity index is 1410. The lowest BCUT2D eigenvalue weighted by molar-refractivity contribution is -0.121. The Balaban J connectivity index is 1.36. The first kappa shape index (κ1) is 25.5. The molecule has 2 aliphatic rings. The van der Waals surface area contributed by atoms with Crippen LogP contribution in [0.4, 0.5) is 10.1 Å². The molecule has 0 saturated carbocycles. The summed E-state index contributed by atoms with van der Waals surface area (Å²) in [5, 5.41) is 8.82. The molecule has 0 radical (unpaired) electrons. The third kappa shape index (κ3) is 5.40. The van der Waals surface area contributed by atoms with Crippen LogP contribution in [0.5, 0.6) is 11.5 Å². The zero-order chi connectivity index (χ0) is 26.6. The van der Waals surface area contributed by atoms with E-state index >= 15 is 0 Å².